The van der Waals surface area contributed by atoms with E-state index in [1.54, 1.807) is 31.2 Å². The molecule has 0 fully saturated rings. The molecule has 6 heteroatoms. The number of halogens is 1. The molecule has 5 nitrogen and oxygen atoms in total. The normalized spacial score (nSPS) is 14.1. The van der Waals surface area contributed by atoms with Crippen LogP contribution in [0.2, 0.25) is 0 Å². The zero-order valence-electron chi connectivity index (χ0n) is 14.2. The van der Waals surface area contributed by atoms with Crippen molar-refractivity contribution < 1.29 is 27.9 Å². The minimum absolute atomic E-state index is 0.0713. The second kappa shape index (κ2) is 6.57. The van der Waals surface area contributed by atoms with Crippen LogP contribution >= 0.6 is 0 Å². The molecule has 3 aromatic rings. The average Bonchev–Trinajstić information content (AvgIpc) is 3.26. The fourth-order valence-electron chi connectivity index (χ4n) is 2.80. The second-order valence-corrected chi connectivity index (χ2v) is 5.97. The minimum Gasteiger partial charge on any atom is -0.457 e. The summed E-state index contributed by atoms with van der Waals surface area (Å²) in [5, 5.41) is 0. The van der Waals surface area contributed by atoms with Crippen LogP contribution < -0.4 is 9.47 Å². The fourth-order valence-corrected chi connectivity index (χ4v) is 2.80. The molecular formula is C21H13FO5. The molecule has 0 saturated carbocycles. The van der Waals surface area contributed by atoms with Crippen molar-refractivity contribution in [3.63, 3.8) is 0 Å². The van der Waals surface area contributed by atoms with Crippen molar-refractivity contribution in [2.75, 3.05) is 0 Å². The van der Waals surface area contributed by atoms with Gasteiger partial charge in [0.2, 0.25) is 11.5 Å². The minimum atomic E-state index is -0.647. The highest BCUT2D eigenvalue weighted by Crippen LogP contribution is 2.37. The number of carbonyl (C=O) groups is 2. The number of ketones is 1. The fraction of sp³-hybridized carbons (Fsp3) is 0.0476. The maximum atomic E-state index is 13.0. The summed E-state index contributed by atoms with van der Waals surface area (Å²) in [5.41, 5.74) is 1.65. The van der Waals surface area contributed by atoms with Crippen LogP contribution in [0.15, 0.2) is 65.0 Å². The summed E-state index contributed by atoms with van der Waals surface area (Å²) in [7, 11) is 0. The molecule has 0 N–H and O–H groups in total. The smallest absolute Gasteiger partial charge is 0.379 e. The van der Waals surface area contributed by atoms with Gasteiger partial charge in [0.05, 0.1) is 11.8 Å². The first kappa shape index (κ1) is 16.8. The second-order valence-electron chi connectivity index (χ2n) is 5.97. The summed E-state index contributed by atoms with van der Waals surface area (Å²) in [5.74, 6) is -0.560. The van der Waals surface area contributed by atoms with Crippen LogP contribution in [0.5, 0.6) is 11.5 Å². The van der Waals surface area contributed by atoms with Gasteiger partial charge in [0.25, 0.3) is 0 Å². The van der Waals surface area contributed by atoms with E-state index in [9.17, 15) is 14.0 Å². The molecule has 4 rings (SSSR count). The Morgan fingerprint density at radius 3 is 2.63 bits per heavy atom. The highest BCUT2D eigenvalue weighted by molar-refractivity contribution is 6.15. The van der Waals surface area contributed by atoms with Gasteiger partial charge in [0, 0.05) is 6.07 Å². The lowest BCUT2D eigenvalue weighted by Gasteiger charge is -2.06. The van der Waals surface area contributed by atoms with Gasteiger partial charge in [-0.05, 0) is 54.5 Å². The molecule has 0 unspecified atom stereocenters. The third-order valence-corrected chi connectivity index (χ3v) is 4.04. The third-order valence-electron chi connectivity index (χ3n) is 4.04. The molecule has 1 aromatic heterocycles. The molecule has 0 spiro atoms. The average molecular weight is 364 g/mol. The van der Waals surface area contributed by atoms with E-state index in [1.807, 2.05) is 0 Å². The number of carbonyl (C=O) groups excluding carboxylic acids is 2. The quantitative estimate of drug-likeness (QED) is 0.387. The number of esters is 1. The lowest BCUT2D eigenvalue weighted by molar-refractivity contribution is 0.0701. The summed E-state index contributed by atoms with van der Waals surface area (Å²) in [6, 6.07) is 11.8. The molecule has 2 aromatic carbocycles. The van der Waals surface area contributed by atoms with Gasteiger partial charge in [-0.2, -0.15) is 0 Å². The van der Waals surface area contributed by atoms with E-state index in [4.69, 9.17) is 13.9 Å². The Morgan fingerprint density at radius 2 is 1.93 bits per heavy atom. The van der Waals surface area contributed by atoms with E-state index < -0.39 is 5.97 Å². The number of fused-ring (bicyclic) bond motifs is 1. The van der Waals surface area contributed by atoms with Crippen LogP contribution in [-0.2, 0) is 0 Å². The highest BCUT2D eigenvalue weighted by atomic mass is 19.1. The van der Waals surface area contributed by atoms with Gasteiger partial charge >= 0.3 is 5.97 Å². The summed E-state index contributed by atoms with van der Waals surface area (Å²) >= 11 is 0. The number of furan rings is 1. The van der Waals surface area contributed by atoms with Crippen molar-refractivity contribution in [3.05, 3.63) is 88.8 Å². The van der Waals surface area contributed by atoms with Crippen LogP contribution in [0.3, 0.4) is 0 Å². The number of hydrogen-bond donors (Lipinski definition) is 0. The van der Waals surface area contributed by atoms with Crippen molar-refractivity contribution in [2.45, 2.75) is 6.92 Å². The van der Waals surface area contributed by atoms with Gasteiger partial charge in [-0.3, -0.25) is 4.79 Å². The number of rotatable bonds is 3. The molecule has 0 aliphatic carbocycles. The Balaban J connectivity index is 1.62. The lowest BCUT2D eigenvalue weighted by Crippen LogP contribution is -2.07. The molecule has 134 valence electrons. The summed E-state index contributed by atoms with van der Waals surface area (Å²) in [6.45, 7) is 1.73. The third kappa shape index (κ3) is 3.25. The van der Waals surface area contributed by atoms with Crippen LogP contribution in [0.1, 0.15) is 32.0 Å². The predicted molar refractivity (Wildman–Crippen MR) is 94.2 cm³/mol. The molecule has 1 aliphatic heterocycles. The Kier molecular flexibility index (Phi) is 4.08. The van der Waals surface area contributed by atoms with Gasteiger partial charge in [-0.25, -0.2) is 9.18 Å². The van der Waals surface area contributed by atoms with Crippen LogP contribution in [0, 0.1) is 12.7 Å². The highest BCUT2D eigenvalue weighted by Gasteiger charge is 2.30. The molecule has 1 aliphatic rings. The standard InChI is InChI=1S/C21H13FO5/c1-12-9-15(26-21(24)16-3-2-8-25-16)11-17-19(12)20(23)18(27-17)10-13-4-6-14(22)7-5-13/h2-11H,1H3/b18-10-. The first-order valence-corrected chi connectivity index (χ1v) is 8.11. The van der Waals surface area contributed by atoms with E-state index in [1.165, 1.54) is 36.6 Å². The molecule has 0 amide bonds. The maximum absolute atomic E-state index is 13.0. The molecule has 0 bridgehead atoms. The molecule has 0 atom stereocenters. The zero-order chi connectivity index (χ0) is 19.0. The van der Waals surface area contributed by atoms with E-state index >= 15 is 0 Å². The first-order valence-electron chi connectivity index (χ1n) is 8.11. The van der Waals surface area contributed by atoms with Crippen LogP contribution in [0.4, 0.5) is 4.39 Å². The predicted octanol–water partition coefficient (Wildman–Crippen LogP) is 4.56. The van der Waals surface area contributed by atoms with Gasteiger partial charge in [0.1, 0.15) is 17.3 Å². The zero-order valence-corrected chi connectivity index (χ0v) is 14.2. The molecule has 0 saturated heterocycles. The Bertz CT molecular complexity index is 1060. The molecular weight excluding hydrogens is 351 g/mol. The number of benzene rings is 2. The van der Waals surface area contributed by atoms with E-state index in [-0.39, 0.29) is 28.9 Å². The largest absolute Gasteiger partial charge is 0.457 e. The van der Waals surface area contributed by atoms with Crippen molar-refractivity contribution >= 4 is 17.8 Å². The monoisotopic (exact) mass is 364 g/mol. The topological polar surface area (TPSA) is 65.7 Å². The van der Waals surface area contributed by atoms with Gasteiger partial charge < -0.3 is 13.9 Å². The SMILES string of the molecule is Cc1cc(OC(=O)c2ccco2)cc2c1C(=O)/C(=C/c1ccc(F)cc1)O2. The van der Waals surface area contributed by atoms with Gasteiger partial charge in [-0.15, -0.1) is 0 Å². The van der Waals surface area contributed by atoms with Crippen molar-refractivity contribution in [2.24, 2.45) is 0 Å². The van der Waals surface area contributed by atoms with E-state index in [2.05, 4.69) is 0 Å². The van der Waals surface area contributed by atoms with Crippen LogP contribution in [-0.4, -0.2) is 11.8 Å². The van der Waals surface area contributed by atoms with E-state index in [0.717, 1.165) is 0 Å². The van der Waals surface area contributed by atoms with Gasteiger partial charge in [-0.1, -0.05) is 12.1 Å². The van der Waals surface area contributed by atoms with Crippen molar-refractivity contribution in [1.82, 2.24) is 0 Å². The van der Waals surface area contributed by atoms with Crippen molar-refractivity contribution in [1.29, 1.82) is 0 Å². The number of Topliss-reactive ketones (excluding diaryl/α,β-unsaturated/α-hetero) is 1. The summed E-state index contributed by atoms with van der Waals surface area (Å²) < 4.78 is 29.0. The summed E-state index contributed by atoms with van der Waals surface area (Å²) in [4.78, 5) is 24.6. The Hall–Kier alpha value is -3.67. The number of hydrogen-bond acceptors (Lipinski definition) is 5. The maximum Gasteiger partial charge on any atom is 0.379 e. The number of allylic oxidation sites excluding steroid dienone is 1. The molecule has 27 heavy (non-hydrogen) atoms. The number of ether oxygens (including phenoxy) is 2. The summed E-state index contributed by atoms with van der Waals surface area (Å²) in [6.07, 6.45) is 2.91. The number of aryl methyl sites for hydroxylation is 1. The van der Waals surface area contributed by atoms with Crippen molar-refractivity contribution in [3.8, 4) is 11.5 Å². The Labute approximate surface area is 153 Å². The Morgan fingerprint density at radius 1 is 1.15 bits per heavy atom. The van der Waals surface area contributed by atoms with Crippen LogP contribution in [0.25, 0.3) is 6.08 Å². The van der Waals surface area contributed by atoms with E-state index in [0.29, 0.717) is 22.4 Å². The van der Waals surface area contributed by atoms with Gasteiger partial charge in [0.15, 0.2) is 5.76 Å². The first-order chi connectivity index (χ1) is 13.0. The molecule has 2 heterocycles. The lowest BCUT2D eigenvalue weighted by atomic mass is 10.0. The molecule has 0 radical (unpaired) electrons.